The van der Waals surface area contributed by atoms with Crippen molar-refractivity contribution in [3.05, 3.63) is 119 Å². The molecule has 0 atom stereocenters. The minimum Gasteiger partial charge on any atom is -0.462 e. The van der Waals surface area contributed by atoms with E-state index in [9.17, 15) is 10.5 Å². The maximum absolute atomic E-state index is 9.24. The zero-order valence-corrected chi connectivity index (χ0v) is 22.6. The van der Waals surface area contributed by atoms with Gasteiger partial charge in [-0.05, 0) is 78.1 Å². The molecule has 0 N–H and O–H groups in total. The predicted molar refractivity (Wildman–Crippen MR) is 154 cm³/mol. The monoisotopic (exact) mass is 513 g/mol. The second-order valence-corrected chi connectivity index (χ2v) is 11.3. The van der Waals surface area contributed by atoms with Gasteiger partial charge >= 0.3 is 0 Å². The van der Waals surface area contributed by atoms with Crippen molar-refractivity contribution in [2.24, 2.45) is 0 Å². The van der Waals surface area contributed by atoms with Crippen LogP contribution in [0.4, 0.5) is 17.1 Å². The van der Waals surface area contributed by atoms with Gasteiger partial charge in [0.25, 0.3) is 0 Å². The fraction of sp³-hybridized carbons (Fsp3) is 0.152. The Morgan fingerprint density at radius 2 is 1.58 bits per heavy atom. The van der Waals surface area contributed by atoms with Gasteiger partial charge < -0.3 is 9.64 Å². The van der Waals surface area contributed by atoms with E-state index in [4.69, 9.17) is 4.74 Å². The van der Waals surface area contributed by atoms with Crippen LogP contribution in [0.15, 0.2) is 117 Å². The lowest BCUT2D eigenvalue weighted by atomic mass is 9.87. The van der Waals surface area contributed by atoms with E-state index in [1.165, 1.54) is 16.1 Å². The van der Waals surface area contributed by atoms with Crippen molar-refractivity contribution in [2.75, 3.05) is 4.90 Å². The van der Waals surface area contributed by atoms with E-state index in [1.807, 2.05) is 31.2 Å². The highest BCUT2D eigenvalue weighted by molar-refractivity contribution is 7.99. The summed E-state index contributed by atoms with van der Waals surface area (Å²) in [5, 5.41) is 18.5. The summed E-state index contributed by atoms with van der Waals surface area (Å²) in [5.41, 5.74) is 6.50. The fourth-order valence-corrected chi connectivity index (χ4v) is 5.59. The van der Waals surface area contributed by atoms with Gasteiger partial charge in [0, 0.05) is 21.1 Å². The molecule has 0 radical (unpaired) electrons. The summed E-state index contributed by atoms with van der Waals surface area (Å²) in [4.78, 5) is 4.69. The number of anilines is 3. The fourth-order valence-electron chi connectivity index (χ4n) is 4.48. The largest absolute Gasteiger partial charge is 0.462 e. The summed E-state index contributed by atoms with van der Waals surface area (Å²) in [7, 11) is 0. The van der Waals surface area contributed by atoms with Gasteiger partial charge in [0.1, 0.15) is 29.2 Å². The van der Waals surface area contributed by atoms with Gasteiger partial charge in [0.05, 0.1) is 11.4 Å². The SMILES string of the molecule is CC1=CC(=C(C#N)C#N)C=C(/C=C/c2ccc3c(c2)Sc2ccccc2N3c2ccc(C(C)(C)C)cc2)O1. The summed E-state index contributed by atoms with van der Waals surface area (Å²) in [6.07, 6.45) is 7.28. The number of benzene rings is 3. The van der Waals surface area contributed by atoms with Gasteiger partial charge in [-0.1, -0.05) is 68.9 Å². The molecule has 0 fully saturated rings. The molecule has 2 aliphatic heterocycles. The third-order valence-corrected chi connectivity index (χ3v) is 7.54. The van der Waals surface area contributed by atoms with Crippen LogP contribution < -0.4 is 4.90 Å². The standard InChI is InChI=1S/C33H27N3OS/c1-22-17-24(25(20-34)21-35)19-28(37-22)15-9-23-10-16-30-32(18-23)38-31-8-6-5-7-29(31)36(30)27-13-11-26(12-14-27)33(2,3)4/h5-19H,1-4H3/b15-9+. The Hall–Kier alpha value is -4.45. The molecule has 0 aromatic heterocycles. The first kappa shape index (κ1) is 25.2. The van der Waals surface area contributed by atoms with Gasteiger partial charge in [0.15, 0.2) is 0 Å². The molecule has 0 saturated carbocycles. The Bertz CT molecular complexity index is 1600. The van der Waals surface area contributed by atoms with Crippen LogP contribution in [0, 0.1) is 22.7 Å². The first-order chi connectivity index (χ1) is 18.3. The van der Waals surface area contributed by atoms with Crippen molar-refractivity contribution >= 4 is 34.9 Å². The second kappa shape index (κ2) is 10.1. The average molecular weight is 514 g/mol. The maximum atomic E-state index is 9.24. The van der Waals surface area contributed by atoms with Gasteiger partial charge in [-0.25, -0.2) is 0 Å². The van der Waals surface area contributed by atoms with E-state index in [-0.39, 0.29) is 11.0 Å². The van der Waals surface area contributed by atoms with Crippen LogP contribution in [-0.2, 0) is 10.2 Å². The summed E-state index contributed by atoms with van der Waals surface area (Å²) >= 11 is 1.76. The maximum Gasteiger partial charge on any atom is 0.137 e. The number of ether oxygens (including phenoxy) is 1. The van der Waals surface area contributed by atoms with E-state index in [0.717, 1.165) is 21.8 Å². The predicted octanol–water partition coefficient (Wildman–Crippen LogP) is 9.09. The minimum atomic E-state index is 0.0676. The molecule has 2 aliphatic rings. The number of hydrogen-bond acceptors (Lipinski definition) is 5. The molecule has 4 nitrogen and oxygen atoms in total. The van der Waals surface area contributed by atoms with Crippen LogP contribution in [-0.4, -0.2) is 0 Å². The zero-order valence-electron chi connectivity index (χ0n) is 21.8. The summed E-state index contributed by atoms with van der Waals surface area (Å²) < 4.78 is 5.81. The molecule has 0 bridgehead atoms. The van der Waals surface area contributed by atoms with E-state index in [0.29, 0.717) is 17.1 Å². The lowest BCUT2D eigenvalue weighted by Gasteiger charge is -2.33. The quantitative estimate of drug-likeness (QED) is 0.256. The van der Waals surface area contributed by atoms with Crippen molar-refractivity contribution < 1.29 is 4.74 Å². The third-order valence-electron chi connectivity index (χ3n) is 6.43. The van der Waals surface area contributed by atoms with Gasteiger partial charge in [-0.2, -0.15) is 10.5 Å². The first-order valence-corrected chi connectivity index (χ1v) is 13.2. The molecule has 2 heterocycles. The summed E-state index contributed by atoms with van der Waals surface area (Å²) in [5.74, 6) is 1.22. The second-order valence-electron chi connectivity index (χ2n) is 10.2. The van der Waals surface area contributed by atoms with Crippen molar-refractivity contribution in [3.8, 4) is 12.1 Å². The van der Waals surface area contributed by atoms with Crippen LogP contribution in [0.5, 0.6) is 0 Å². The number of fused-ring (bicyclic) bond motifs is 2. The number of hydrogen-bond donors (Lipinski definition) is 0. The van der Waals surface area contributed by atoms with E-state index in [1.54, 1.807) is 23.9 Å². The first-order valence-electron chi connectivity index (χ1n) is 12.4. The minimum absolute atomic E-state index is 0.0676. The lowest BCUT2D eigenvalue weighted by Crippen LogP contribution is -2.16. The molecule has 0 amide bonds. The summed E-state index contributed by atoms with van der Waals surface area (Å²) in [6.45, 7) is 8.50. The average Bonchev–Trinajstić information content (AvgIpc) is 2.90. The van der Waals surface area contributed by atoms with Crippen molar-refractivity contribution in [1.29, 1.82) is 10.5 Å². The number of nitriles is 2. The lowest BCUT2D eigenvalue weighted by molar-refractivity contribution is 0.318. The molecule has 5 heteroatoms. The van der Waals surface area contributed by atoms with Crippen molar-refractivity contribution in [2.45, 2.75) is 42.9 Å². The molecule has 0 aliphatic carbocycles. The van der Waals surface area contributed by atoms with Crippen molar-refractivity contribution in [3.63, 3.8) is 0 Å². The van der Waals surface area contributed by atoms with Crippen LogP contribution in [0.2, 0.25) is 0 Å². The molecule has 5 rings (SSSR count). The Morgan fingerprint density at radius 1 is 0.868 bits per heavy atom. The van der Waals surface area contributed by atoms with Crippen LogP contribution in [0.3, 0.4) is 0 Å². The van der Waals surface area contributed by atoms with Crippen LogP contribution in [0.1, 0.15) is 38.8 Å². The normalized spacial score (nSPS) is 14.5. The Kier molecular flexibility index (Phi) is 6.72. The van der Waals surface area contributed by atoms with E-state index >= 15 is 0 Å². The van der Waals surface area contributed by atoms with Crippen LogP contribution >= 0.6 is 11.8 Å². The molecular weight excluding hydrogens is 486 g/mol. The Labute approximate surface area is 228 Å². The molecule has 0 unspecified atom stereocenters. The number of rotatable bonds is 3. The topological polar surface area (TPSA) is 60.0 Å². The van der Waals surface area contributed by atoms with Gasteiger partial charge in [-0.3, -0.25) is 0 Å². The molecule has 3 aromatic rings. The molecule has 0 spiro atoms. The van der Waals surface area contributed by atoms with Gasteiger partial charge in [0.2, 0.25) is 0 Å². The number of allylic oxidation sites excluding steroid dienone is 6. The van der Waals surface area contributed by atoms with E-state index in [2.05, 4.69) is 92.4 Å². The molecule has 38 heavy (non-hydrogen) atoms. The Balaban J connectivity index is 1.50. The number of nitrogens with zero attached hydrogens (tertiary/aromatic N) is 3. The number of para-hydroxylation sites is 1. The van der Waals surface area contributed by atoms with Gasteiger partial charge in [-0.15, -0.1) is 0 Å². The highest BCUT2D eigenvalue weighted by Gasteiger charge is 2.25. The smallest absolute Gasteiger partial charge is 0.137 e. The Morgan fingerprint density at radius 3 is 2.29 bits per heavy atom. The zero-order chi connectivity index (χ0) is 26.9. The molecule has 0 saturated heterocycles. The molecular formula is C33H27N3OS. The van der Waals surface area contributed by atoms with Crippen LogP contribution in [0.25, 0.3) is 6.08 Å². The summed E-state index contributed by atoms with van der Waals surface area (Å²) in [6, 6.07) is 27.7. The van der Waals surface area contributed by atoms with E-state index < -0.39 is 0 Å². The molecule has 3 aromatic carbocycles. The van der Waals surface area contributed by atoms with Crippen molar-refractivity contribution in [1.82, 2.24) is 0 Å². The molecule has 186 valence electrons. The third kappa shape index (κ3) is 5.02. The highest BCUT2D eigenvalue weighted by atomic mass is 32.2. The highest BCUT2D eigenvalue weighted by Crippen LogP contribution is 2.51.